The lowest BCUT2D eigenvalue weighted by atomic mass is 10.1. The van der Waals surface area contributed by atoms with E-state index in [-0.39, 0.29) is 12.5 Å². The predicted octanol–water partition coefficient (Wildman–Crippen LogP) is 5.23. The summed E-state index contributed by atoms with van der Waals surface area (Å²) in [5, 5.41) is 6.32. The average molecular weight is 483 g/mol. The second kappa shape index (κ2) is 8.53. The zero-order chi connectivity index (χ0) is 15.2. The molecule has 2 N–H and O–H groups in total. The molecule has 3 nitrogen and oxygen atoms in total. The van der Waals surface area contributed by atoms with Gasteiger partial charge >= 0.3 is 0 Å². The van der Waals surface area contributed by atoms with Crippen LogP contribution in [0.5, 0.6) is 0 Å². The molecule has 21 heavy (non-hydrogen) atoms. The van der Waals surface area contributed by atoms with Crippen molar-refractivity contribution in [2.45, 2.75) is 44.6 Å². The lowest BCUT2D eigenvalue weighted by Gasteiger charge is -2.17. The fraction of sp³-hybridized carbons (Fsp3) is 0.533. The lowest BCUT2D eigenvalue weighted by Crippen LogP contribution is -2.38. The highest BCUT2D eigenvalue weighted by atomic mass is 79.9. The molecular weight excluding hydrogens is 464 g/mol. The van der Waals surface area contributed by atoms with E-state index in [1.807, 2.05) is 12.1 Å². The zero-order valence-electron chi connectivity index (χ0n) is 11.7. The van der Waals surface area contributed by atoms with Gasteiger partial charge in [0, 0.05) is 19.5 Å². The molecule has 0 unspecified atom stereocenters. The van der Waals surface area contributed by atoms with Crippen molar-refractivity contribution >= 4 is 59.4 Å². The first-order valence-electron chi connectivity index (χ1n) is 7.24. The summed E-state index contributed by atoms with van der Waals surface area (Å²) >= 11 is 10.4. The number of rotatable bonds is 4. The van der Waals surface area contributed by atoms with E-state index in [2.05, 4.69) is 58.4 Å². The van der Waals surface area contributed by atoms with Gasteiger partial charge in [-0.05, 0) is 56.8 Å². The Bertz CT molecular complexity index is 477. The van der Waals surface area contributed by atoms with Crippen LogP contribution in [0, 0.1) is 0 Å². The third-order valence-corrected chi connectivity index (χ3v) is 5.36. The van der Waals surface area contributed by atoms with Gasteiger partial charge in [-0.2, -0.15) is 0 Å². The summed E-state index contributed by atoms with van der Waals surface area (Å²) in [6.45, 7) is 0.287. The molecule has 0 saturated heterocycles. The normalized spacial score (nSPS) is 16.3. The molecule has 1 saturated carbocycles. The molecule has 0 aliphatic heterocycles. The molecule has 0 aromatic heterocycles. The molecule has 1 aromatic rings. The van der Waals surface area contributed by atoms with Gasteiger partial charge in [-0.3, -0.25) is 4.79 Å². The summed E-state index contributed by atoms with van der Waals surface area (Å²) in [5.41, 5.74) is 0.897. The summed E-state index contributed by atoms with van der Waals surface area (Å²) in [5.74, 6) is 0.0589. The van der Waals surface area contributed by atoms with Gasteiger partial charge < -0.3 is 10.6 Å². The van der Waals surface area contributed by atoms with E-state index in [9.17, 15) is 4.79 Å². The molecule has 1 fully saturated rings. The largest absolute Gasteiger partial charge is 0.374 e. The summed E-state index contributed by atoms with van der Waals surface area (Å²) in [7, 11) is 0. The Morgan fingerprint density at radius 2 is 1.62 bits per heavy atom. The Kier molecular flexibility index (Phi) is 7.02. The summed E-state index contributed by atoms with van der Waals surface area (Å²) in [4.78, 5) is 12.1. The molecule has 1 amide bonds. The van der Waals surface area contributed by atoms with Crippen molar-refractivity contribution < 1.29 is 4.79 Å². The quantitative estimate of drug-likeness (QED) is 0.577. The molecule has 2 rings (SSSR count). The first kappa shape index (κ1) is 17.3. The molecule has 1 aliphatic carbocycles. The van der Waals surface area contributed by atoms with Gasteiger partial charge in [-0.25, -0.2) is 0 Å². The van der Waals surface area contributed by atoms with E-state index in [0.29, 0.717) is 6.04 Å². The summed E-state index contributed by atoms with van der Waals surface area (Å²) in [6.07, 6.45) is 7.26. The average Bonchev–Trinajstić information content (AvgIpc) is 2.66. The number of nitrogens with one attached hydrogen (secondary N) is 2. The topological polar surface area (TPSA) is 41.1 Å². The number of hydrogen-bond donors (Lipinski definition) is 2. The molecule has 0 bridgehead atoms. The number of amides is 1. The van der Waals surface area contributed by atoms with Crippen LogP contribution in [0.25, 0.3) is 0 Å². The molecule has 1 aliphatic rings. The highest BCUT2D eigenvalue weighted by Crippen LogP contribution is 2.34. The fourth-order valence-corrected chi connectivity index (χ4v) is 5.12. The molecule has 0 atom stereocenters. The van der Waals surface area contributed by atoms with Gasteiger partial charge in [0.2, 0.25) is 5.91 Å². The van der Waals surface area contributed by atoms with Crippen LogP contribution < -0.4 is 10.6 Å². The van der Waals surface area contributed by atoms with Gasteiger partial charge in [0.15, 0.2) is 0 Å². The van der Waals surface area contributed by atoms with Crippen LogP contribution in [-0.4, -0.2) is 18.5 Å². The minimum absolute atomic E-state index is 0.0589. The number of benzene rings is 1. The van der Waals surface area contributed by atoms with Gasteiger partial charge in [-0.1, -0.05) is 41.6 Å². The van der Waals surface area contributed by atoms with Crippen molar-refractivity contribution in [1.82, 2.24) is 5.32 Å². The van der Waals surface area contributed by atoms with Gasteiger partial charge in [0.05, 0.1) is 12.2 Å². The monoisotopic (exact) mass is 480 g/mol. The van der Waals surface area contributed by atoms with E-state index < -0.39 is 0 Å². The van der Waals surface area contributed by atoms with Crippen molar-refractivity contribution in [3.8, 4) is 0 Å². The van der Waals surface area contributed by atoms with E-state index in [4.69, 9.17) is 0 Å². The minimum Gasteiger partial charge on any atom is -0.374 e. The minimum atomic E-state index is 0.0589. The third kappa shape index (κ3) is 5.57. The standard InChI is InChI=1S/C15H19Br3N2O/c16-10-7-12(17)15(13(18)8-10)19-9-14(21)20-11-5-3-1-2-4-6-11/h7-8,11,19H,1-6,9H2,(H,20,21). The second-order valence-electron chi connectivity index (χ2n) is 5.35. The number of hydrogen-bond acceptors (Lipinski definition) is 2. The summed E-state index contributed by atoms with van der Waals surface area (Å²) < 4.78 is 2.83. The van der Waals surface area contributed by atoms with Crippen molar-refractivity contribution in [2.75, 3.05) is 11.9 Å². The number of halogens is 3. The second-order valence-corrected chi connectivity index (χ2v) is 7.98. The van der Waals surface area contributed by atoms with Crippen LogP contribution in [0.15, 0.2) is 25.6 Å². The fourth-order valence-electron chi connectivity index (χ4n) is 2.58. The Hall–Kier alpha value is -0.0700. The van der Waals surface area contributed by atoms with Gasteiger partial charge in [0.25, 0.3) is 0 Å². The van der Waals surface area contributed by atoms with Crippen molar-refractivity contribution in [3.63, 3.8) is 0 Å². The van der Waals surface area contributed by atoms with E-state index in [1.165, 1.54) is 25.7 Å². The van der Waals surface area contributed by atoms with Crippen molar-refractivity contribution in [1.29, 1.82) is 0 Å². The molecule has 116 valence electrons. The number of carbonyl (C=O) groups is 1. The smallest absolute Gasteiger partial charge is 0.239 e. The maximum absolute atomic E-state index is 12.1. The summed E-state index contributed by atoms with van der Waals surface area (Å²) in [6, 6.07) is 4.26. The van der Waals surface area contributed by atoms with Crippen molar-refractivity contribution in [3.05, 3.63) is 25.6 Å². The SMILES string of the molecule is O=C(CNc1c(Br)cc(Br)cc1Br)NC1CCCCCC1. The van der Waals surface area contributed by atoms with Crippen LogP contribution in [-0.2, 0) is 4.79 Å². The van der Waals surface area contributed by atoms with Crippen LogP contribution in [0.1, 0.15) is 38.5 Å². The lowest BCUT2D eigenvalue weighted by molar-refractivity contribution is -0.120. The van der Waals surface area contributed by atoms with Crippen LogP contribution >= 0.6 is 47.8 Å². The van der Waals surface area contributed by atoms with Crippen LogP contribution in [0.4, 0.5) is 5.69 Å². The zero-order valence-corrected chi connectivity index (χ0v) is 16.5. The van der Waals surface area contributed by atoms with E-state index in [0.717, 1.165) is 31.9 Å². The highest BCUT2D eigenvalue weighted by molar-refractivity contribution is 9.11. The molecule has 0 heterocycles. The molecule has 1 aromatic carbocycles. The van der Waals surface area contributed by atoms with Gasteiger partial charge in [0.1, 0.15) is 0 Å². The predicted molar refractivity (Wildman–Crippen MR) is 97.7 cm³/mol. The maximum atomic E-state index is 12.1. The number of anilines is 1. The van der Waals surface area contributed by atoms with Gasteiger partial charge in [-0.15, -0.1) is 0 Å². The number of carbonyl (C=O) groups excluding carboxylic acids is 1. The van der Waals surface area contributed by atoms with Crippen LogP contribution in [0.2, 0.25) is 0 Å². The van der Waals surface area contributed by atoms with Crippen molar-refractivity contribution in [2.24, 2.45) is 0 Å². The Labute approximate surface area is 151 Å². The van der Waals surface area contributed by atoms with E-state index in [1.54, 1.807) is 0 Å². The molecule has 0 spiro atoms. The first-order valence-corrected chi connectivity index (χ1v) is 9.62. The Morgan fingerprint density at radius 1 is 1.05 bits per heavy atom. The Balaban J connectivity index is 1.86. The highest BCUT2D eigenvalue weighted by Gasteiger charge is 2.15. The molecule has 6 heteroatoms. The van der Waals surface area contributed by atoms with E-state index >= 15 is 0 Å². The first-order chi connectivity index (χ1) is 10.1. The molecular formula is C15H19Br3N2O. The van der Waals surface area contributed by atoms with Crippen LogP contribution in [0.3, 0.4) is 0 Å². The third-order valence-electron chi connectivity index (χ3n) is 3.65. The maximum Gasteiger partial charge on any atom is 0.239 e. The molecule has 0 radical (unpaired) electrons. The Morgan fingerprint density at radius 3 is 2.19 bits per heavy atom.